The normalized spacial score (nSPS) is 23.3. The summed E-state index contributed by atoms with van der Waals surface area (Å²) in [7, 11) is 6.53. The van der Waals surface area contributed by atoms with Crippen LogP contribution >= 0.6 is 0 Å². The summed E-state index contributed by atoms with van der Waals surface area (Å²) in [6.07, 6.45) is 4.48. The molecule has 4 N–H and O–H groups in total. The number of hydrogen-bond donors (Lipinski definition) is 4. The van der Waals surface area contributed by atoms with E-state index in [0.717, 1.165) is 18.4 Å². The summed E-state index contributed by atoms with van der Waals surface area (Å²) in [5, 5.41) is 28.4. The molecule has 2 fully saturated rings. The minimum absolute atomic E-state index is 0.0824. The number of aliphatic hydroxyl groups excluding tert-OH is 2. The summed E-state index contributed by atoms with van der Waals surface area (Å²) < 4.78 is 12.2. The Hall–Kier alpha value is -4.22. The number of nitrogens with one attached hydrogen (secondary N) is 2. The number of imide groups is 1. The van der Waals surface area contributed by atoms with E-state index < -0.39 is 59.4 Å². The van der Waals surface area contributed by atoms with Gasteiger partial charge in [-0.3, -0.25) is 39.0 Å². The summed E-state index contributed by atoms with van der Waals surface area (Å²) in [4.78, 5) is 85.9. The number of rotatable bonds is 26. The lowest BCUT2D eigenvalue weighted by Crippen LogP contribution is -2.60. The molecule has 0 bridgehead atoms. The van der Waals surface area contributed by atoms with Gasteiger partial charge in [0, 0.05) is 83.4 Å². The first-order valence-electron chi connectivity index (χ1n) is 24.0. The van der Waals surface area contributed by atoms with Gasteiger partial charge in [-0.1, -0.05) is 77.8 Å². The molecule has 6 amide bonds. The van der Waals surface area contributed by atoms with Crippen molar-refractivity contribution in [3.8, 4) is 0 Å². The molecule has 11 atom stereocenters. The standard InChI is InChI=1S/C50H80N6O10/c1-13-32(4)50(38(65-11)29-42(60)55-28-20-23-36(55)45(66-12)33(5)46(62)51-34(6)44(61)35-21-16-14-17-22-35)30-37(50)53(9)47(63)43(31(2)3)52-48(64)49(7,8)54(10)39(57)24-18-15-19-27-56-40(58)25-26-41(56)59/h14,16-17,21-22,25-26,31-34,36-38,43-46,51,61-62H,13,15,18-20,23-24,27-30H2,1-12H3,(H,52,64)/t32-,33?,34?,36-,37?,38?,43-,44+,45?,46?,50?/m0/s1. The number of carbonyl (C=O) groups is 6. The Morgan fingerprint density at radius 1 is 0.939 bits per heavy atom. The highest BCUT2D eigenvalue weighted by Crippen LogP contribution is 2.60. The summed E-state index contributed by atoms with van der Waals surface area (Å²) in [6.45, 7) is 15.8. The first kappa shape index (κ1) is 54.4. The zero-order chi connectivity index (χ0) is 49.3. The second-order valence-electron chi connectivity index (χ2n) is 19.8. The molecule has 16 heteroatoms. The van der Waals surface area contributed by atoms with E-state index in [1.54, 1.807) is 47.1 Å². The molecule has 1 saturated carbocycles. The molecule has 1 aromatic carbocycles. The van der Waals surface area contributed by atoms with E-state index >= 15 is 0 Å². The average molecular weight is 925 g/mol. The molecule has 1 aromatic rings. The quantitative estimate of drug-likeness (QED) is 0.0591. The lowest BCUT2D eigenvalue weighted by atomic mass is 9.80. The first-order chi connectivity index (χ1) is 31.1. The van der Waals surface area contributed by atoms with Crippen LogP contribution in [0.5, 0.6) is 0 Å². The second-order valence-corrected chi connectivity index (χ2v) is 19.8. The minimum atomic E-state index is -1.28. The van der Waals surface area contributed by atoms with E-state index in [-0.39, 0.29) is 72.8 Å². The monoisotopic (exact) mass is 925 g/mol. The van der Waals surface area contributed by atoms with E-state index in [2.05, 4.69) is 24.5 Å². The maximum absolute atomic E-state index is 14.5. The van der Waals surface area contributed by atoms with Crippen LogP contribution < -0.4 is 10.6 Å². The van der Waals surface area contributed by atoms with E-state index in [1.807, 2.05) is 62.9 Å². The molecule has 66 heavy (non-hydrogen) atoms. The van der Waals surface area contributed by atoms with Crippen molar-refractivity contribution in [1.82, 2.24) is 30.2 Å². The predicted molar refractivity (Wildman–Crippen MR) is 251 cm³/mol. The number of amides is 6. The highest BCUT2D eigenvalue weighted by Gasteiger charge is 2.65. The second kappa shape index (κ2) is 23.7. The first-order valence-corrected chi connectivity index (χ1v) is 24.0. The maximum Gasteiger partial charge on any atom is 0.253 e. The fourth-order valence-electron chi connectivity index (χ4n) is 10.1. The topological polar surface area (TPSA) is 198 Å². The highest BCUT2D eigenvalue weighted by molar-refractivity contribution is 6.12. The minimum Gasteiger partial charge on any atom is -0.387 e. The van der Waals surface area contributed by atoms with Crippen LogP contribution in [0, 0.1) is 23.2 Å². The Labute approximate surface area is 393 Å². The third-order valence-corrected chi connectivity index (χ3v) is 15.1. The number of likely N-dealkylation sites (N-methyl/N-ethyl adjacent to an activating group) is 2. The third kappa shape index (κ3) is 12.3. The van der Waals surface area contributed by atoms with Gasteiger partial charge < -0.3 is 39.7 Å². The smallest absolute Gasteiger partial charge is 0.253 e. The van der Waals surface area contributed by atoms with Crippen molar-refractivity contribution in [2.75, 3.05) is 41.4 Å². The Morgan fingerprint density at radius 3 is 2.15 bits per heavy atom. The molecule has 2 aliphatic heterocycles. The number of ether oxygens (including phenoxy) is 2. The third-order valence-electron chi connectivity index (χ3n) is 15.1. The van der Waals surface area contributed by atoms with Gasteiger partial charge >= 0.3 is 0 Å². The maximum atomic E-state index is 14.5. The molecule has 370 valence electrons. The van der Waals surface area contributed by atoms with Gasteiger partial charge in [-0.15, -0.1) is 0 Å². The van der Waals surface area contributed by atoms with Gasteiger partial charge in [0.1, 0.15) is 17.8 Å². The number of nitrogens with zero attached hydrogens (tertiary/aromatic N) is 4. The van der Waals surface area contributed by atoms with Crippen molar-refractivity contribution in [1.29, 1.82) is 0 Å². The lowest BCUT2D eigenvalue weighted by Gasteiger charge is -2.39. The lowest BCUT2D eigenvalue weighted by molar-refractivity contribution is -0.147. The average Bonchev–Trinajstić information content (AvgIpc) is 3.72. The Balaban J connectivity index is 1.39. The van der Waals surface area contributed by atoms with Gasteiger partial charge in [0.25, 0.3) is 11.8 Å². The Kier molecular flexibility index (Phi) is 19.5. The van der Waals surface area contributed by atoms with Gasteiger partial charge in [0.05, 0.1) is 30.8 Å². The van der Waals surface area contributed by atoms with Crippen LogP contribution in [0.1, 0.15) is 125 Å². The number of hydrogen-bond acceptors (Lipinski definition) is 11. The van der Waals surface area contributed by atoms with Gasteiger partial charge in [-0.05, 0) is 70.3 Å². The van der Waals surface area contributed by atoms with Crippen LogP contribution in [-0.2, 0) is 38.2 Å². The van der Waals surface area contributed by atoms with E-state index in [0.29, 0.717) is 38.6 Å². The van der Waals surface area contributed by atoms with Gasteiger partial charge in [-0.25, -0.2) is 0 Å². The van der Waals surface area contributed by atoms with Crippen LogP contribution in [0.15, 0.2) is 42.5 Å². The molecule has 3 aliphatic rings. The molecule has 4 rings (SSSR count). The van der Waals surface area contributed by atoms with Crippen molar-refractivity contribution in [3.05, 3.63) is 48.0 Å². The summed E-state index contributed by atoms with van der Waals surface area (Å²) in [5.74, 6) is -2.35. The van der Waals surface area contributed by atoms with Crippen LogP contribution in [-0.4, -0.2) is 155 Å². The molecule has 1 saturated heterocycles. The van der Waals surface area contributed by atoms with E-state index in [9.17, 15) is 39.0 Å². The molecular formula is C50H80N6O10. The predicted octanol–water partition coefficient (Wildman–Crippen LogP) is 4.19. The fraction of sp³-hybridized carbons (Fsp3) is 0.720. The number of likely N-dealkylation sites (tertiary alicyclic amines) is 1. The number of benzene rings is 1. The zero-order valence-corrected chi connectivity index (χ0v) is 41.6. The van der Waals surface area contributed by atoms with Gasteiger partial charge in [0.15, 0.2) is 0 Å². The molecule has 0 radical (unpaired) electrons. The largest absolute Gasteiger partial charge is 0.387 e. The van der Waals surface area contributed by atoms with Crippen LogP contribution in [0.2, 0.25) is 0 Å². The summed E-state index contributed by atoms with van der Waals surface area (Å²) >= 11 is 0. The van der Waals surface area contributed by atoms with Crippen LogP contribution in [0.25, 0.3) is 0 Å². The molecule has 2 heterocycles. The van der Waals surface area contributed by atoms with Crippen molar-refractivity contribution in [2.45, 2.75) is 167 Å². The van der Waals surface area contributed by atoms with Gasteiger partial charge in [0.2, 0.25) is 23.6 Å². The molecule has 7 unspecified atom stereocenters. The zero-order valence-electron chi connectivity index (χ0n) is 41.6. The molecule has 1 aliphatic carbocycles. The van der Waals surface area contributed by atoms with E-state index in [1.165, 1.54) is 22.0 Å². The highest BCUT2D eigenvalue weighted by atomic mass is 16.5. The summed E-state index contributed by atoms with van der Waals surface area (Å²) in [6, 6.07) is 7.37. The van der Waals surface area contributed by atoms with Crippen molar-refractivity contribution < 1.29 is 48.5 Å². The van der Waals surface area contributed by atoms with Gasteiger partial charge in [-0.2, -0.15) is 0 Å². The Bertz CT molecular complexity index is 1840. The number of aliphatic hydroxyl groups is 2. The Morgan fingerprint density at radius 2 is 1.58 bits per heavy atom. The molecule has 0 spiro atoms. The number of carbonyl (C=O) groups excluding carboxylic acids is 6. The molecular weight excluding hydrogens is 845 g/mol. The molecule has 16 nitrogen and oxygen atoms in total. The van der Waals surface area contributed by atoms with E-state index in [4.69, 9.17) is 9.47 Å². The van der Waals surface area contributed by atoms with Crippen molar-refractivity contribution >= 4 is 35.4 Å². The van der Waals surface area contributed by atoms with Crippen molar-refractivity contribution in [2.24, 2.45) is 23.2 Å². The van der Waals surface area contributed by atoms with Crippen LogP contribution in [0.4, 0.5) is 0 Å². The SMILES string of the molecule is CC[C@H](C)C1(C(CC(=O)N2CCC[C@H]2C(OC)C(C)C(O)NC(C)[C@@H](O)c2ccccc2)OC)CC1N(C)C(=O)[C@@H](NC(=O)C(C)(C)N(C)C(=O)CCCCCN1C(=O)C=CC1=O)C(C)C. The summed E-state index contributed by atoms with van der Waals surface area (Å²) in [5.41, 5.74) is -1.08. The fourth-order valence-corrected chi connectivity index (χ4v) is 10.1. The molecule has 0 aromatic heterocycles. The number of methoxy groups -OCH3 is 2. The van der Waals surface area contributed by atoms with Crippen molar-refractivity contribution in [3.63, 3.8) is 0 Å². The van der Waals surface area contributed by atoms with Crippen LogP contribution in [0.3, 0.4) is 0 Å². The number of unbranched alkanes of at least 4 members (excludes halogenated alkanes) is 2.